The summed E-state index contributed by atoms with van der Waals surface area (Å²) < 4.78 is 55.1. The molecule has 3 aromatic rings. The number of amides is 1. The SMILES string of the molecule is Cc1ccc(C(NC(=O)c2nc(F)n3ccc(C)nc23)C(F)(F)F)cc1. The Morgan fingerprint density at radius 3 is 2.38 bits per heavy atom. The molecule has 26 heavy (non-hydrogen) atoms. The topological polar surface area (TPSA) is 59.3 Å². The molecule has 0 bridgehead atoms. The van der Waals surface area contributed by atoms with Gasteiger partial charge in [-0.05, 0) is 25.5 Å². The van der Waals surface area contributed by atoms with E-state index in [9.17, 15) is 22.4 Å². The average molecular weight is 366 g/mol. The van der Waals surface area contributed by atoms with Crippen molar-refractivity contribution >= 4 is 11.6 Å². The third-order valence-electron chi connectivity index (χ3n) is 3.82. The summed E-state index contributed by atoms with van der Waals surface area (Å²) in [5, 5.41) is 1.89. The molecule has 0 saturated heterocycles. The van der Waals surface area contributed by atoms with Crippen LogP contribution >= 0.6 is 0 Å². The van der Waals surface area contributed by atoms with Gasteiger partial charge in [0.15, 0.2) is 17.4 Å². The van der Waals surface area contributed by atoms with Crippen LogP contribution in [0.15, 0.2) is 36.5 Å². The predicted molar refractivity (Wildman–Crippen MR) is 85.1 cm³/mol. The van der Waals surface area contributed by atoms with Crippen LogP contribution in [0.3, 0.4) is 0 Å². The summed E-state index contributed by atoms with van der Waals surface area (Å²) in [5.41, 5.74) is 0.460. The van der Waals surface area contributed by atoms with E-state index in [-0.39, 0.29) is 11.2 Å². The van der Waals surface area contributed by atoms with Gasteiger partial charge in [-0.15, -0.1) is 0 Å². The van der Waals surface area contributed by atoms with Crippen LogP contribution in [0.2, 0.25) is 0 Å². The van der Waals surface area contributed by atoms with Crippen molar-refractivity contribution in [3.63, 3.8) is 0 Å². The van der Waals surface area contributed by atoms with E-state index in [1.54, 1.807) is 13.8 Å². The standard InChI is InChI=1S/C17H14F4N4O/c1-9-3-5-11(6-4-9)13(17(19,20)21)24-15(26)12-14-22-10(2)7-8-25(14)16(18)23-12/h3-8,13H,1-2H3,(H,24,26). The van der Waals surface area contributed by atoms with Gasteiger partial charge in [-0.3, -0.25) is 9.20 Å². The van der Waals surface area contributed by atoms with Crippen molar-refractivity contribution in [2.75, 3.05) is 0 Å². The van der Waals surface area contributed by atoms with E-state index < -0.39 is 29.9 Å². The molecule has 2 aromatic heterocycles. The van der Waals surface area contributed by atoms with Crippen LogP contribution in [0.5, 0.6) is 0 Å². The summed E-state index contributed by atoms with van der Waals surface area (Å²) in [5.74, 6) is -1.16. The van der Waals surface area contributed by atoms with Gasteiger partial charge in [0, 0.05) is 11.9 Å². The fourth-order valence-electron chi connectivity index (χ4n) is 2.49. The largest absolute Gasteiger partial charge is 0.412 e. The number of carbonyl (C=O) groups excluding carboxylic acids is 1. The molecule has 1 N–H and O–H groups in total. The summed E-state index contributed by atoms with van der Waals surface area (Å²) in [6, 6.07) is 4.82. The Bertz CT molecular complexity index is 963. The predicted octanol–water partition coefficient (Wildman–Crippen LogP) is 3.52. The number of hydrogen-bond acceptors (Lipinski definition) is 3. The number of nitrogens with zero attached hydrogens (tertiary/aromatic N) is 3. The van der Waals surface area contributed by atoms with Gasteiger partial charge in [0.1, 0.15) is 0 Å². The number of aromatic nitrogens is 3. The second kappa shape index (κ2) is 6.40. The molecule has 2 heterocycles. The first-order valence-electron chi connectivity index (χ1n) is 7.62. The molecule has 0 aliphatic rings. The lowest BCUT2D eigenvalue weighted by atomic mass is 10.0. The van der Waals surface area contributed by atoms with Crippen LogP contribution in [0.4, 0.5) is 17.6 Å². The third kappa shape index (κ3) is 3.37. The van der Waals surface area contributed by atoms with Crippen molar-refractivity contribution in [1.82, 2.24) is 19.7 Å². The maximum Gasteiger partial charge on any atom is 0.412 e. The van der Waals surface area contributed by atoms with E-state index >= 15 is 0 Å². The van der Waals surface area contributed by atoms with Crippen LogP contribution in [0, 0.1) is 19.9 Å². The van der Waals surface area contributed by atoms with E-state index in [0.717, 1.165) is 9.96 Å². The highest BCUT2D eigenvalue weighted by molar-refractivity contribution is 5.98. The summed E-state index contributed by atoms with van der Waals surface area (Å²) in [4.78, 5) is 19.8. The monoisotopic (exact) mass is 366 g/mol. The molecule has 0 fully saturated rings. The number of carbonyl (C=O) groups is 1. The molecular weight excluding hydrogens is 352 g/mol. The molecule has 0 aliphatic carbocycles. The molecule has 1 atom stereocenters. The lowest BCUT2D eigenvalue weighted by molar-refractivity contribution is -0.155. The van der Waals surface area contributed by atoms with Crippen molar-refractivity contribution in [3.05, 3.63) is 65.1 Å². The van der Waals surface area contributed by atoms with Crippen molar-refractivity contribution in [1.29, 1.82) is 0 Å². The molecule has 9 heteroatoms. The maximum atomic E-state index is 13.8. The zero-order valence-electron chi connectivity index (χ0n) is 13.8. The second-order valence-electron chi connectivity index (χ2n) is 5.85. The van der Waals surface area contributed by atoms with Gasteiger partial charge in [-0.25, -0.2) is 4.98 Å². The number of nitrogens with one attached hydrogen (secondary N) is 1. The Morgan fingerprint density at radius 1 is 1.12 bits per heavy atom. The van der Waals surface area contributed by atoms with Crippen molar-refractivity contribution < 1.29 is 22.4 Å². The van der Waals surface area contributed by atoms with Crippen molar-refractivity contribution in [2.45, 2.75) is 26.1 Å². The molecule has 1 aromatic carbocycles. The first-order chi connectivity index (χ1) is 12.2. The van der Waals surface area contributed by atoms with Gasteiger partial charge in [-0.2, -0.15) is 22.5 Å². The van der Waals surface area contributed by atoms with Gasteiger partial charge in [-0.1, -0.05) is 29.8 Å². The average Bonchev–Trinajstić information content (AvgIpc) is 2.89. The van der Waals surface area contributed by atoms with E-state index in [4.69, 9.17) is 0 Å². The third-order valence-corrected chi connectivity index (χ3v) is 3.82. The van der Waals surface area contributed by atoms with Crippen LogP contribution < -0.4 is 5.32 Å². The number of imidazole rings is 1. The molecule has 0 radical (unpaired) electrons. The summed E-state index contributed by atoms with van der Waals surface area (Å²) >= 11 is 0. The number of rotatable bonds is 3. The van der Waals surface area contributed by atoms with Gasteiger partial charge in [0.2, 0.25) is 0 Å². The van der Waals surface area contributed by atoms with Gasteiger partial charge < -0.3 is 5.32 Å². The smallest absolute Gasteiger partial charge is 0.335 e. The van der Waals surface area contributed by atoms with Crippen molar-refractivity contribution in [3.8, 4) is 0 Å². The Balaban J connectivity index is 1.99. The van der Waals surface area contributed by atoms with Crippen LogP contribution in [0.1, 0.15) is 33.4 Å². The molecule has 0 spiro atoms. The molecule has 1 unspecified atom stereocenters. The van der Waals surface area contributed by atoms with E-state index in [2.05, 4.69) is 9.97 Å². The van der Waals surface area contributed by atoms with Crippen LogP contribution in [-0.2, 0) is 0 Å². The lowest BCUT2D eigenvalue weighted by Gasteiger charge is -2.21. The summed E-state index contributed by atoms with van der Waals surface area (Å²) in [7, 11) is 0. The highest BCUT2D eigenvalue weighted by Crippen LogP contribution is 2.33. The Kier molecular flexibility index (Phi) is 4.39. The van der Waals surface area contributed by atoms with Gasteiger partial charge in [0.05, 0.1) is 0 Å². The molecule has 5 nitrogen and oxygen atoms in total. The first kappa shape index (κ1) is 17.8. The highest BCUT2D eigenvalue weighted by Gasteiger charge is 2.42. The Labute approximate surface area is 145 Å². The van der Waals surface area contributed by atoms with Crippen molar-refractivity contribution in [2.24, 2.45) is 0 Å². The Hall–Kier alpha value is -2.97. The maximum absolute atomic E-state index is 13.8. The molecule has 136 valence electrons. The summed E-state index contributed by atoms with van der Waals surface area (Å²) in [6.45, 7) is 3.34. The number of hydrogen-bond donors (Lipinski definition) is 1. The normalized spacial score (nSPS) is 13.0. The zero-order chi connectivity index (χ0) is 19.1. The number of benzene rings is 1. The van der Waals surface area contributed by atoms with Crippen LogP contribution in [-0.4, -0.2) is 26.5 Å². The van der Waals surface area contributed by atoms with Crippen LogP contribution in [0.25, 0.3) is 5.65 Å². The molecular formula is C17H14F4N4O. The molecule has 0 aliphatic heterocycles. The fourth-order valence-corrected chi connectivity index (χ4v) is 2.49. The summed E-state index contributed by atoms with van der Waals surface area (Å²) in [6.07, 6.45) is -4.46. The minimum atomic E-state index is -4.73. The van der Waals surface area contributed by atoms with E-state index in [0.29, 0.717) is 5.69 Å². The minimum absolute atomic E-state index is 0.135. The molecule has 1 amide bonds. The molecule has 3 rings (SSSR count). The lowest BCUT2D eigenvalue weighted by Crippen LogP contribution is -2.38. The second-order valence-corrected chi connectivity index (χ2v) is 5.85. The van der Waals surface area contributed by atoms with Gasteiger partial charge >= 0.3 is 6.18 Å². The number of alkyl halides is 3. The molecule has 0 saturated carbocycles. The van der Waals surface area contributed by atoms with E-state index in [1.165, 1.54) is 36.5 Å². The zero-order valence-corrected chi connectivity index (χ0v) is 13.8. The Morgan fingerprint density at radius 2 is 1.77 bits per heavy atom. The van der Waals surface area contributed by atoms with E-state index in [1.807, 2.05) is 5.32 Å². The quantitative estimate of drug-likeness (QED) is 0.722. The first-order valence-corrected chi connectivity index (χ1v) is 7.62. The fraction of sp³-hybridized carbons (Fsp3) is 0.235. The number of fused-ring (bicyclic) bond motifs is 1. The number of halogens is 4. The minimum Gasteiger partial charge on any atom is -0.335 e. The highest BCUT2D eigenvalue weighted by atomic mass is 19.4. The van der Waals surface area contributed by atoms with Gasteiger partial charge in [0.25, 0.3) is 12.0 Å². The number of aryl methyl sites for hydroxylation is 2.